The van der Waals surface area contributed by atoms with E-state index in [0.29, 0.717) is 18.4 Å². The van der Waals surface area contributed by atoms with E-state index in [1.54, 1.807) is 0 Å². The van der Waals surface area contributed by atoms with E-state index in [9.17, 15) is 23.2 Å². The number of carbonyl (C=O) groups is 1. The van der Waals surface area contributed by atoms with Crippen LogP contribution in [-0.2, 0) is 15.7 Å². The van der Waals surface area contributed by atoms with Crippen LogP contribution in [0.5, 0.6) is 0 Å². The highest BCUT2D eigenvalue weighted by atomic mass is 19.4. The van der Waals surface area contributed by atoms with Crippen molar-refractivity contribution in [3.05, 3.63) is 58.2 Å². The number of ether oxygens (including phenoxy) is 1. The van der Waals surface area contributed by atoms with E-state index in [-0.39, 0.29) is 35.0 Å². The second-order valence-electron chi connectivity index (χ2n) is 5.64. The summed E-state index contributed by atoms with van der Waals surface area (Å²) in [7, 11) is 0. The molecule has 0 saturated carbocycles. The van der Waals surface area contributed by atoms with Crippen molar-refractivity contribution in [2.75, 3.05) is 0 Å². The molecule has 24 heavy (non-hydrogen) atoms. The molecule has 0 fully saturated rings. The molecule has 0 unspecified atom stereocenters. The highest BCUT2D eigenvalue weighted by Crippen LogP contribution is 2.47. The third kappa shape index (κ3) is 2.54. The summed E-state index contributed by atoms with van der Waals surface area (Å²) in [5.74, 6) is -1.64. The van der Waals surface area contributed by atoms with Gasteiger partial charge in [-0.25, -0.2) is 0 Å². The van der Waals surface area contributed by atoms with Gasteiger partial charge in [-0.1, -0.05) is 18.2 Å². The monoisotopic (exact) mass is 334 g/mol. The number of nitriles is 1. The Morgan fingerprint density at radius 3 is 2.62 bits per heavy atom. The molecule has 0 spiro atoms. The number of ketones is 1. The first kappa shape index (κ1) is 16.1. The van der Waals surface area contributed by atoms with Gasteiger partial charge in [0.2, 0.25) is 5.88 Å². The first-order valence-corrected chi connectivity index (χ1v) is 7.34. The van der Waals surface area contributed by atoms with Gasteiger partial charge in [-0.3, -0.25) is 4.79 Å². The summed E-state index contributed by atoms with van der Waals surface area (Å²) < 4.78 is 45.4. The minimum Gasteiger partial charge on any atom is -0.437 e. The minimum atomic E-state index is -4.58. The van der Waals surface area contributed by atoms with Crippen LogP contribution in [0.1, 0.15) is 36.3 Å². The van der Waals surface area contributed by atoms with Crippen LogP contribution < -0.4 is 5.73 Å². The van der Waals surface area contributed by atoms with Gasteiger partial charge in [0.25, 0.3) is 0 Å². The lowest BCUT2D eigenvalue weighted by Crippen LogP contribution is -2.28. The molecule has 1 atom stereocenters. The topological polar surface area (TPSA) is 76.1 Å². The van der Waals surface area contributed by atoms with Crippen LogP contribution in [0.25, 0.3) is 0 Å². The number of allylic oxidation sites excluding steroid dienone is 3. The van der Waals surface area contributed by atoms with Gasteiger partial charge in [-0.15, -0.1) is 0 Å². The van der Waals surface area contributed by atoms with Crippen molar-refractivity contribution in [2.24, 2.45) is 5.73 Å². The molecular formula is C17H13F3N2O2. The van der Waals surface area contributed by atoms with Crippen LogP contribution in [0.15, 0.2) is 47.1 Å². The number of hydrogen-bond acceptors (Lipinski definition) is 4. The number of halogens is 3. The van der Waals surface area contributed by atoms with Crippen molar-refractivity contribution in [2.45, 2.75) is 31.4 Å². The van der Waals surface area contributed by atoms with Crippen molar-refractivity contribution in [3.8, 4) is 6.07 Å². The molecule has 0 radical (unpaired) electrons. The summed E-state index contributed by atoms with van der Waals surface area (Å²) in [6.07, 6.45) is -3.44. The minimum absolute atomic E-state index is 0.0141. The maximum absolute atomic E-state index is 13.4. The van der Waals surface area contributed by atoms with Gasteiger partial charge in [-0.2, -0.15) is 18.4 Å². The lowest BCUT2D eigenvalue weighted by molar-refractivity contribution is -0.138. The van der Waals surface area contributed by atoms with Gasteiger partial charge in [0.15, 0.2) is 11.5 Å². The van der Waals surface area contributed by atoms with Crippen molar-refractivity contribution < 1.29 is 22.7 Å². The fourth-order valence-corrected chi connectivity index (χ4v) is 3.19. The number of Topliss-reactive ketones (excluding diaryl/α,β-unsaturated/α-hetero) is 1. The SMILES string of the molecule is N#CC1=C(N)OC2=C(CCCC2=O)[C@@H]1c1ccccc1C(F)(F)F. The Balaban J connectivity index is 2.25. The summed E-state index contributed by atoms with van der Waals surface area (Å²) in [6.45, 7) is 0. The average Bonchev–Trinajstić information content (AvgIpc) is 2.54. The summed E-state index contributed by atoms with van der Waals surface area (Å²) in [4.78, 5) is 12.1. The molecule has 2 N–H and O–H groups in total. The van der Waals surface area contributed by atoms with Gasteiger partial charge in [-0.05, 0) is 30.0 Å². The standard InChI is InChI=1S/C17H13F3N2O2/c18-17(19,20)12-6-2-1-4-9(12)14-10-5-3-7-13(23)15(10)24-16(22)11(14)8-21/h1-2,4,6,14H,3,5,7,22H2/t14-/m0/s1. The van der Waals surface area contributed by atoms with E-state index in [1.807, 2.05) is 6.07 Å². The highest BCUT2D eigenvalue weighted by Gasteiger charge is 2.41. The molecule has 0 saturated heterocycles. The molecule has 1 heterocycles. The maximum atomic E-state index is 13.4. The molecule has 1 aliphatic heterocycles. The van der Waals surface area contributed by atoms with Crippen molar-refractivity contribution in [1.82, 2.24) is 0 Å². The lowest BCUT2D eigenvalue weighted by atomic mass is 9.76. The van der Waals surface area contributed by atoms with E-state index in [4.69, 9.17) is 10.5 Å². The first-order valence-electron chi connectivity index (χ1n) is 7.34. The number of nitrogens with two attached hydrogens (primary N) is 1. The molecular weight excluding hydrogens is 321 g/mol. The summed E-state index contributed by atoms with van der Waals surface area (Å²) >= 11 is 0. The molecule has 0 bridgehead atoms. The van der Waals surface area contributed by atoms with Gasteiger partial charge < -0.3 is 10.5 Å². The third-order valence-corrected chi connectivity index (χ3v) is 4.21. The molecule has 1 aromatic rings. The molecule has 3 rings (SSSR count). The molecule has 124 valence electrons. The second-order valence-corrected chi connectivity index (χ2v) is 5.64. The fraction of sp³-hybridized carbons (Fsp3) is 0.294. The molecule has 2 aliphatic rings. The Morgan fingerprint density at radius 1 is 1.25 bits per heavy atom. The number of rotatable bonds is 1. The van der Waals surface area contributed by atoms with E-state index in [2.05, 4.69) is 0 Å². The van der Waals surface area contributed by atoms with Crippen LogP contribution in [0.3, 0.4) is 0 Å². The van der Waals surface area contributed by atoms with E-state index in [0.717, 1.165) is 6.07 Å². The predicted octanol–water partition coefficient (Wildman–Crippen LogP) is 3.52. The van der Waals surface area contributed by atoms with Gasteiger partial charge >= 0.3 is 6.18 Å². The number of hydrogen-bond donors (Lipinski definition) is 1. The van der Waals surface area contributed by atoms with Gasteiger partial charge in [0.1, 0.15) is 11.6 Å². The maximum Gasteiger partial charge on any atom is 0.416 e. The smallest absolute Gasteiger partial charge is 0.416 e. The quantitative estimate of drug-likeness (QED) is 0.852. The van der Waals surface area contributed by atoms with Gasteiger partial charge in [0.05, 0.1) is 5.56 Å². The van der Waals surface area contributed by atoms with Crippen molar-refractivity contribution >= 4 is 5.78 Å². The Labute approximate surface area is 136 Å². The van der Waals surface area contributed by atoms with Crippen molar-refractivity contribution in [1.29, 1.82) is 5.26 Å². The summed E-state index contributed by atoms with van der Waals surface area (Å²) in [5.41, 5.74) is 5.08. The average molecular weight is 334 g/mol. The predicted molar refractivity (Wildman–Crippen MR) is 78.0 cm³/mol. The molecule has 4 nitrogen and oxygen atoms in total. The normalized spacial score (nSPS) is 21.2. The number of alkyl halides is 3. The zero-order valence-corrected chi connectivity index (χ0v) is 12.5. The molecule has 0 aromatic heterocycles. The van der Waals surface area contributed by atoms with Crippen LogP contribution in [0.2, 0.25) is 0 Å². The van der Waals surface area contributed by atoms with Crippen LogP contribution in [0.4, 0.5) is 13.2 Å². The highest BCUT2D eigenvalue weighted by molar-refractivity contribution is 5.96. The number of carbonyl (C=O) groups excluding carboxylic acids is 1. The van der Waals surface area contributed by atoms with Crippen LogP contribution >= 0.6 is 0 Å². The second kappa shape index (κ2) is 5.71. The Bertz CT molecular complexity index is 816. The van der Waals surface area contributed by atoms with E-state index < -0.39 is 17.7 Å². The zero-order valence-electron chi connectivity index (χ0n) is 12.5. The summed E-state index contributed by atoms with van der Waals surface area (Å²) in [5, 5.41) is 9.39. The van der Waals surface area contributed by atoms with Crippen LogP contribution in [0, 0.1) is 11.3 Å². The lowest BCUT2D eigenvalue weighted by Gasteiger charge is -2.32. The van der Waals surface area contributed by atoms with E-state index >= 15 is 0 Å². The summed E-state index contributed by atoms with van der Waals surface area (Å²) in [6, 6.07) is 6.87. The number of nitrogens with zero attached hydrogens (tertiary/aromatic N) is 1. The Morgan fingerprint density at radius 2 is 1.96 bits per heavy atom. The molecule has 7 heteroatoms. The Kier molecular flexibility index (Phi) is 3.84. The van der Waals surface area contributed by atoms with Crippen LogP contribution in [-0.4, -0.2) is 5.78 Å². The van der Waals surface area contributed by atoms with Gasteiger partial charge in [0, 0.05) is 12.3 Å². The fourth-order valence-electron chi connectivity index (χ4n) is 3.19. The molecule has 1 aromatic carbocycles. The Hall–Kier alpha value is -2.75. The van der Waals surface area contributed by atoms with Crippen molar-refractivity contribution in [3.63, 3.8) is 0 Å². The molecule has 0 amide bonds. The third-order valence-electron chi connectivity index (χ3n) is 4.21. The van der Waals surface area contributed by atoms with E-state index in [1.165, 1.54) is 18.2 Å². The zero-order chi connectivity index (χ0) is 17.5. The molecule has 1 aliphatic carbocycles. The largest absolute Gasteiger partial charge is 0.437 e. The first-order chi connectivity index (χ1) is 11.3. The number of benzene rings is 1.